The summed E-state index contributed by atoms with van der Waals surface area (Å²) >= 11 is 0. The molecule has 2 rings (SSSR count). The minimum absolute atomic E-state index is 0.533. The molecule has 0 aliphatic heterocycles. The second-order valence-corrected chi connectivity index (χ2v) is 5.77. The van der Waals surface area contributed by atoms with Crippen LogP contribution in [0.15, 0.2) is 29.8 Å². The summed E-state index contributed by atoms with van der Waals surface area (Å²) in [7, 11) is 0. The van der Waals surface area contributed by atoms with Crippen molar-refractivity contribution in [2.75, 3.05) is 6.54 Å². The third-order valence-electron chi connectivity index (χ3n) is 4.15. The van der Waals surface area contributed by atoms with Gasteiger partial charge in [0.2, 0.25) is 0 Å². The van der Waals surface area contributed by atoms with Gasteiger partial charge in [-0.3, -0.25) is 0 Å². The largest absolute Gasteiger partial charge is 0.310 e. The normalized spacial score (nSPS) is 17.1. The van der Waals surface area contributed by atoms with Crippen LogP contribution in [-0.4, -0.2) is 12.6 Å². The second-order valence-electron chi connectivity index (χ2n) is 5.77. The van der Waals surface area contributed by atoms with Crippen LogP contribution in [0, 0.1) is 13.8 Å². The van der Waals surface area contributed by atoms with Crippen molar-refractivity contribution in [2.45, 2.75) is 58.9 Å². The lowest BCUT2D eigenvalue weighted by molar-refractivity contribution is 0.540. The summed E-state index contributed by atoms with van der Waals surface area (Å²) in [5, 5.41) is 3.68. The standard InChI is InChI=1S/C18H27N/c1-4-19-18(16-8-6-5-7-9-16)13-17-12-14(2)10-11-15(17)3/h8,10-12,18-19H,4-7,9,13H2,1-3H3. The van der Waals surface area contributed by atoms with Crippen molar-refractivity contribution in [3.05, 3.63) is 46.5 Å². The van der Waals surface area contributed by atoms with Crippen LogP contribution < -0.4 is 5.32 Å². The number of benzene rings is 1. The Morgan fingerprint density at radius 2 is 2.05 bits per heavy atom. The molecule has 0 aromatic heterocycles. The van der Waals surface area contributed by atoms with E-state index in [0.717, 1.165) is 13.0 Å². The minimum atomic E-state index is 0.533. The third-order valence-corrected chi connectivity index (χ3v) is 4.15. The van der Waals surface area contributed by atoms with Gasteiger partial charge in [0, 0.05) is 6.04 Å². The van der Waals surface area contributed by atoms with Crippen LogP contribution in [0.5, 0.6) is 0 Å². The van der Waals surface area contributed by atoms with Gasteiger partial charge in [-0.2, -0.15) is 0 Å². The first-order valence-electron chi connectivity index (χ1n) is 7.69. The molecule has 1 atom stereocenters. The van der Waals surface area contributed by atoms with Crippen LogP contribution in [0.25, 0.3) is 0 Å². The first-order chi connectivity index (χ1) is 9.20. The van der Waals surface area contributed by atoms with Gasteiger partial charge in [-0.05, 0) is 63.6 Å². The highest BCUT2D eigenvalue weighted by Gasteiger charge is 2.16. The van der Waals surface area contributed by atoms with E-state index in [9.17, 15) is 0 Å². The minimum Gasteiger partial charge on any atom is -0.310 e. The summed E-state index contributed by atoms with van der Waals surface area (Å²) in [4.78, 5) is 0. The van der Waals surface area contributed by atoms with Crippen molar-refractivity contribution in [1.29, 1.82) is 0 Å². The number of likely N-dealkylation sites (N-methyl/N-ethyl adjacent to an activating group) is 1. The van der Waals surface area contributed by atoms with Crippen LogP contribution in [0.1, 0.15) is 49.3 Å². The Balaban J connectivity index is 2.15. The molecule has 19 heavy (non-hydrogen) atoms. The molecule has 0 radical (unpaired) electrons. The Kier molecular flexibility index (Phi) is 5.21. The van der Waals surface area contributed by atoms with E-state index >= 15 is 0 Å². The lowest BCUT2D eigenvalue weighted by atomic mass is 9.89. The molecule has 1 aromatic carbocycles. The fourth-order valence-electron chi connectivity index (χ4n) is 3.00. The Labute approximate surface area is 118 Å². The Hall–Kier alpha value is -1.08. The van der Waals surface area contributed by atoms with Crippen LogP contribution >= 0.6 is 0 Å². The lowest BCUT2D eigenvalue weighted by Gasteiger charge is -2.25. The van der Waals surface area contributed by atoms with Crippen molar-refractivity contribution in [3.63, 3.8) is 0 Å². The summed E-state index contributed by atoms with van der Waals surface area (Å²) in [6.45, 7) is 7.67. The van der Waals surface area contributed by atoms with E-state index in [-0.39, 0.29) is 0 Å². The quantitative estimate of drug-likeness (QED) is 0.774. The van der Waals surface area contributed by atoms with E-state index in [0.29, 0.717) is 6.04 Å². The molecule has 104 valence electrons. The van der Waals surface area contributed by atoms with Crippen molar-refractivity contribution < 1.29 is 0 Å². The van der Waals surface area contributed by atoms with E-state index in [1.54, 1.807) is 5.57 Å². The highest BCUT2D eigenvalue weighted by Crippen LogP contribution is 2.23. The Bertz CT molecular complexity index is 445. The Morgan fingerprint density at radius 1 is 1.21 bits per heavy atom. The zero-order valence-corrected chi connectivity index (χ0v) is 12.6. The van der Waals surface area contributed by atoms with Gasteiger partial charge in [0.05, 0.1) is 0 Å². The highest BCUT2D eigenvalue weighted by molar-refractivity contribution is 5.32. The SMILES string of the molecule is CCNC(Cc1cc(C)ccc1C)C1=CCCCC1. The molecule has 1 heteroatoms. The van der Waals surface area contributed by atoms with Gasteiger partial charge in [0.15, 0.2) is 0 Å². The summed E-state index contributed by atoms with van der Waals surface area (Å²) in [5.74, 6) is 0. The fourth-order valence-corrected chi connectivity index (χ4v) is 3.00. The van der Waals surface area contributed by atoms with Crippen LogP contribution in [0.2, 0.25) is 0 Å². The van der Waals surface area contributed by atoms with Crippen molar-refractivity contribution in [2.24, 2.45) is 0 Å². The maximum Gasteiger partial charge on any atom is 0.0320 e. The van der Waals surface area contributed by atoms with Crippen LogP contribution in [0.3, 0.4) is 0 Å². The maximum atomic E-state index is 3.68. The van der Waals surface area contributed by atoms with Gasteiger partial charge >= 0.3 is 0 Å². The molecule has 0 bridgehead atoms. The zero-order chi connectivity index (χ0) is 13.7. The monoisotopic (exact) mass is 257 g/mol. The van der Waals surface area contributed by atoms with Gasteiger partial charge in [-0.15, -0.1) is 0 Å². The molecule has 0 fully saturated rings. The predicted molar refractivity (Wildman–Crippen MR) is 83.6 cm³/mol. The summed E-state index contributed by atoms with van der Waals surface area (Å²) in [6.07, 6.45) is 8.88. The van der Waals surface area contributed by atoms with Gasteiger partial charge in [-0.25, -0.2) is 0 Å². The molecule has 1 aliphatic rings. The molecule has 0 heterocycles. The zero-order valence-electron chi connectivity index (χ0n) is 12.6. The molecular formula is C18H27N. The molecule has 1 aliphatic carbocycles. The van der Waals surface area contributed by atoms with Crippen molar-refractivity contribution in [3.8, 4) is 0 Å². The van der Waals surface area contributed by atoms with Crippen molar-refractivity contribution >= 4 is 0 Å². The van der Waals surface area contributed by atoms with Crippen molar-refractivity contribution in [1.82, 2.24) is 5.32 Å². The average Bonchev–Trinajstić information content (AvgIpc) is 2.43. The van der Waals surface area contributed by atoms with Crippen LogP contribution in [-0.2, 0) is 6.42 Å². The fraction of sp³-hybridized carbons (Fsp3) is 0.556. The smallest absolute Gasteiger partial charge is 0.0320 e. The third kappa shape index (κ3) is 3.94. The molecule has 0 saturated carbocycles. The number of nitrogens with one attached hydrogen (secondary N) is 1. The number of rotatable bonds is 5. The second kappa shape index (κ2) is 6.91. The molecule has 0 amide bonds. The van der Waals surface area contributed by atoms with E-state index in [1.807, 2.05) is 0 Å². The lowest BCUT2D eigenvalue weighted by Crippen LogP contribution is -2.33. The van der Waals surface area contributed by atoms with E-state index in [4.69, 9.17) is 0 Å². The number of aryl methyl sites for hydroxylation is 2. The average molecular weight is 257 g/mol. The van der Waals surface area contributed by atoms with Gasteiger partial charge in [0.25, 0.3) is 0 Å². The van der Waals surface area contributed by atoms with E-state index in [2.05, 4.69) is 50.4 Å². The van der Waals surface area contributed by atoms with Gasteiger partial charge < -0.3 is 5.32 Å². The molecule has 0 spiro atoms. The Morgan fingerprint density at radius 3 is 2.74 bits per heavy atom. The topological polar surface area (TPSA) is 12.0 Å². The first kappa shape index (κ1) is 14.3. The maximum absolute atomic E-state index is 3.68. The van der Waals surface area contributed by atoms with Gasteiger partial charge in [-0.1, -0.05) is 42.3 Å². The number of allylic oxidation sites excluding steroid dienone is 1. The molecule has 1 N–H and O–H groups in total. The highest BCUT2D eigenvalue weighted by atomic mass is 14.9. The van der Waals surface area contributed by atoms with E-state index < -0.39 is 0 Å². The predicted octanol–water partition coefficient (Wildman–Crippen LogP) is 4.32. The molecule has 0 saturated heterocycles. The van der Waals surface area contributed by atoms with Crippen LogP contribution in [0.4, 0.5) is 0 Å². The summed E-state index contributed by atoms with van der Waals surface area (Å²) in [5.41, 5.74) is 5.92. The summed E-state index contributed by atoms with van der Waals surface area (Å²) in [6, 6.07) is 7.35. The summed E-state index contributed by atoms with van der Waals surface area (Å²) < 4.78 is 0. The molecule has 1 nitrogen and oxygen atoms in total. The number of hydrogen-bond donors (Lipinski definition) is 1. The molecule has 1 aromatic rings. The number of hydrogen-bond acceptors (Lipinski definition) is 1. The van der Waals surface area contributed by atoms with Gasteiger partial charge in [0.1, 0.15) is 0 Å². The molecule has 1 unspecified atom stereocenters. The molecular weight excluding hydrogens is 230 g/mol. The first-order valence-corrected chi connectivity index (χ1v) is 7.69. The van der Waals surface area contributed by atoms with E-state index in [1.165, 1.54) is 42.4 Å².